The molecule has 0 radical (unpaired) electrons. The number of hydrogen-bond donors (Lipinski definition) is 1. The third-order valence-electron chi connectivity index (χ3n) is 4.25. The van der Waals surface area contributed by atoms with Gasteiger partial charge < -0.3 is 15.0 Å². The number of ether oxygens (including phenoxy) is 1. The van der Waals surface area contributed by atoms with Gasteiger partial charge in [0.15, 0.2) is 0 Å². The average molecular weight is 294 g/mol. The van der Waals surface area contributed by atoms with Crippen molar-refractivity contribution in [3.8, 4) is 0 Å². The van der Waals surface area contributed by atoms with Gasteiger partial charge in [0.1, 0.15) is 0 Å². The highest BCUT2D eigenvalue weighted by molar-refractivity contribution is 7.10. The molecule has 3 rings (SSSR count). The molecule has 2 amide bonds. The molecule has 0 aromatic carbocycles. The Kier molecular flexibility index (Phi) is 4.27. The van der Waals surface area contributed by atoms with Gasteiger partial charge in [0.25, 0.3) is 0 Å². The summed E-state index contributed by atoms with van der Waals surface area (Å²) in [6, 6.07) is 2.46. The zero-order chi connectivity index (χ0) is 13.9. The lowest BCUT2D eigenvalue weighted by Crippen LogP contribution is -2.46. The first-order chi connectivity index (χ1) is 9.79. The van der Waals surface area contributed by atoms with Crippen LogP contribution in [0.25, 0.3) is 0 Å². The summed E-state index contributed by atoms with van der Waals surface area (Å²) < 4.78 is 5.56. The van der Waals surface area contributed by atoms with E-state index >= 15 is 0 Å². The Labute approximate surface area is 124 Å². The summed E-state index contributed by atoms with van der Waals surface area (Å²) in [6.45, 7) is 4.45. The van der Waals surface area contributed by atoms with E-state index in [-0.39, 0.29) is 18.2 Å². The molecular formula is C15H22N2O2S. The van der Waals surface area contributed by atoms with Gasteiger partial charge in [-0.2, -0.15) is 0 Å². The molecule has 2 atom stereocenters. The van der Waals surface area contributed by atoms with Crippen molar-refractivity contribution in [1.82, 2.24) is 10.2 Å². The molecule has 4 nitrogen and oxygen atoms in total. The molecule has 1 aromatic rings. The van der Waals surface area contributed by atoms with Gasteiger partial charge in [-0.1, -0.05) is 6.92 Å². The van der Waals surface area contributed by atoms with Crippen molar-refractivity contribution in [2.45, 2.75) is 44.8 Å². The fourth-order valence-corrected chi connectivity index (χ4v) is 4.12. The molecule has 0 spiro atoms. The zero-order valence-corrected chi connectivity index (χ0v) is 12.7. The summed E-state index contributed by atoms with van der Waals surface area (Å²) in [7, 11) is 0. The predicted octanol–water partition coefficient (Wildman–Crippen LogP) is 2.95. The van der Waals surface area contributed by atoms with Crippen LogP contribution in [0.5, 0.6) is 0 Å². The van der Waals surface area contributed by atoms with Gasteiger partial charge in [0.2, 0.25) is 0 Å². The lowest BCUT2D eigenvalue weighted by molar-refractivity contribution is 0.106. The highest BCUT2D eigenvalue weighted by atomic mass is 32.1. The van der Waals surface area contributed by atoms with E-state index in [1.54, 1.807) is 0 Å². The summed E-state index contributed by atoms with van der Waals surface area (Å²) >= 11 is 1.81. The van der Waals surface area contributed by atoms with Gasteiger partial charge in [-0.15, -0.1) is 11.3 Å². The summed E-state index contributed by atoms with van der Waals surface area (Å²) in [5, 5.41) is 5.19. The van der Waals surface area contributed by atoms with Crippen molar-refractivity contribution in [2.24, 2.45) is 0 Å². The number of nitrogens with one attached hydrogen (secondary N) is 1. The van der Waals surface area contributed by atoms with Crippen LogP contribution < -0.4 is 5.32 Å². The Morgan fingerprint density at radius 2 is 2.50 bits per heavy atom. The fourth-order valence-electron chi connectivity index (χ4n) is 3.19. The minimum absolute atomic E-state index is 0.0594. The minimum atomic E-state index is 0.0594. The van der Waals surface area contributed by atoms with Crippen LogP contribution in [-0.4, -0.2) is 36.7 Å². The molecule has 3 heterocycles. The number of rotatable bonds is 3. The minimum Gasteiger partial charge on any atom is -0.376 e. The Bertz CT molecular complexity index is 468. The van der Waals surface area contributed by atoms with Crippen molar-refractivity contribution in [3.63, 3.8) is 0 Å². The van der Waals surface area contributed by atoms with Crippen LogP contribution in [0.15, 0.2) is 11.4 Å². The van der Waals surface area contributed by atoms with E-state index < -0.39 is 0 Å². The molecule has 0 bridgehead atoms. The predicted molar refractivity (Wildman–Crippen MR) is 80.1 cm³/mol. The molecule has 0 saturated carbocycles. The number of thiophene rings is 1. The van der Waals surface area contributed by atoms with Crippen molar-refractivity contribution in [1.29, 1.82) is 0 Å². The largest absolute Gasteiger partial charge is 0.376 e. The highest BCUT2D eigenvalue weighted by Gasteiger charge is 2.30. The summed E-state index contributed by atoms with van der Waals surface area (Å²) in [4.78, 5) is 15.9. The monoisotopic (exact) mass is 294 g/mol. The van der Waals surface area contributed by atoms with E-state index in [0.717, 1.165) is 38.8 Å². The number of hydrogen-bond acceptors (Lipinski definition) is 3. The van der Waals surface area contributed by atoms with Gasteiger partial charge in [-0.3, -0.25) is 0 Å². The smallest absolute Gasteiger partial charge is 0.318 e. The number of carbonyl (C=O) groups is 1. The SMILES string of the molecule is CC[C@@H]1c2ccsc2CCN1C(=O)NC[C@@H]1CCCO1. The number of fused-ring (bicyclic) bond motifs is 1. The van der Waals surface area contributed by atoms with Crippen molar-refractivity contribution < 1.29 is 9.53 Å². The first-order valence-electron chi connectivity index (χ1n) is 7.52. The first kappa shape index (κ1) is 13.9. The van der Waals surface area contributed by atoms with Crippen LogP contribution in [0.3, 0.4) is 0 Å². The second-order valence-corrected chi connectivity index (χ2v) is 6.49. The van der Waals surface area contributed by atoms with Gasteiger partial charge in [0, 0.05) is 24.6 Å². The number of carbonyl (C=O) groups excluding carboxylic acids is 1. The third kappa shape index (κ3) is 2.69. The van der Waals surface area contributed by atoms with Gasteiger partial charge in [0.05, 0.1) is 12.1 Å². The molecule has 1 fully saturated rings. The van der Waals surface area contributed by atoms with Crippen LogP contribution in [0.4, 0.5) is 4.79 Å². The van der Waals surface area contributed by atoms with E-state index in [2.05, 4.69) is 23.7 Å². The summed E-state index contributed by atoms with van der Waals surface area (Å²) in [6.07, 6.45) is 4.33. The van der Waals surface area contributed by atoms with E-state index in [0.29, 0.717) is 6.54 Å². The molecule has 2 aliphatic rings. The summed E-state index contributed by atoms with van der Waals surface area (Å²) in [5.41, 5.74) is 1.34. The van der Waals surface area contributed by atoms with Crippen LogP contribution in [0.2, 0.25) is 0 Å². The molecule has 1 saturated heterocycles. The molecular weight excluding hydrogens is 272 g/mol. The maximum atomic E-state index is 12.4. The Balaban J connectivity index is 1.62. The van der Waals surface area contributed by atoms with Crippen LogP contribution in [-0.2, 0) is 11.2 Å². The molecule has 2 aliphatic heterocycles. The van der Waals surface area contributed by atoms with Gasteiger partial charge in [-0.05, 0) is 42.7 Å². The van der Waals surface area contributed by atoms with Crippen LogP contribution >= 0.6 is 11.3 Å². The number of nitrogens with zero attached hydrogens (tertiary/aromatic N) is 1. The molecule has 1 N–H and O–H groups in total. The number of amides is 2. The third-order valence-corrected chi connectivity index (χ3v) is 5.24. The first-order valence-corrected chi connectivity index (χ1v) is 8.40. The average Bonchev–Trinajstić information content (AvgIpc) is 3.14. The van der Waals surface area contributed by atoms with Crippen molar-refractivity contribution in [2.75, 3.05) is 19.7 Å². The van der Waals surface area contributed by atoms with Crippen molar-refractivity contribution >= 4 is 17.4 Å². The van der Waals surface area contributed by atoms with E-state index in [1.165, 1.54) is 10.4 Å². The zero-order valence-electron chi connectivity index (χ0n) is 11.9. The Morgan fingerprint density at radius 1 is 1.60 bits per heavy atom. The van der Waals surface area contributed by atoms with E-state index in [1.807, 2.05) is 16.2 Å². The normalized spacial score (nSPS) is 25.6. The molecule has 20 heavy (non-hydrogen) atoms. The standard InChI is InChI=1S/C15H22N2O2S/c1-2-13-12-6-9-20-14(12)5-7-17(13)15(18)16-10-11-4-3-8-19-11/h6,9,11,13H,2-5,7-8,10H2,1H3,(H,16,18)/t11-,13+/m0/s1. The quantitative estimate of drug-likeness (QED) is 0.931. The molecule has 5 heteroatoms. The second kappa shape index (κ2) is 6.14. The van der Waals surface area contributed by atoms with E-state index in [9.17, 15) is 4.79 Å². The molecule has 0 unspecified atom stereocenters. The van der Waals surface area contributed by atoms with Crippen LogP contribution in [0.1, 0.15) is 42.7 Å². The molecule has 1 aromatic heterocycles. The maximum absolute atomic E-state index is 12.4. The second-order valence-electron chi connectivity index (χ2n) is 5.49. The van der Waals surface area contributed by atoms with Crippen molar-refractivity contribution in [3.05, 3.63) is 21.9 Å². The Hall–Kier alpha value is -1.07. The molecule has 0 aliphatic carbocycles. The van der Waals surface area contributed by atoms with E-state index in [4.69, 9.17) is 4.74 Å². The van der Waals surface area contributed by atoms with Gasteiger partial charge >= 0.3 is 6.03 Å². The molecule has 110 valence electrons. The van der Waals surface area contributed by atoms with Gasteiger partial charge in [-0.25, -0.2) is 4.79 Å². The fraction of sp³-hybridized carbons (Fsp3) is 0.667. The maximum Gasteiger partial charge on any atom is 0.318 e. The number of urea groups is 1. The highest BCUT2D eigenvalue weighted by Crippen LogP contribution is 2.35. The lowest BCUT2D eigenvalue weighted by atomic mass is 9.98. The summed E-state index contributed by atoms with van der Waals surface area (Å²) in [5.74, 6) is 0. The topological polar surface area (TPSA) is 41.6 Å². The lowest BCUT2D eigenvalue weighted by Gasteiger charge is -2.35. The van der Waals surface area contributed by atoms with Crippen LogP contribution in [0, 0.1) is 0 Å². The Morgan fingerprint density at radius 3 is 3.25 bits per heavy atom.